The fourth-order valence-electron chi connectivity index (χ4n) is 7.32. The zero-order valence-corrected chi connectivity index (χ0v) is 24.4. The van der Waals surface area contributed by atoms with E-state index in [2.05, 4.69) is 107 Å². The lowest BCUT2D eigenvalue weighted by molar-refractivity contribution is 0.0256. The molecule has 0 aliphatic carbocycles. The quantitative estimate of drug-likeness (QED) is 0.207. The normalized spacial score (nSPS) is 18.4. The summed E-state index contributed by atoms with van der Waals surface area (Å²) < 4.78 is 17.1. The van der Waals surface area contributed by atoms with Crippen molar-refractivity contribution in [2.24, 2.45) is 0 Å². The molecule has 214 valence electrons. The highest BCUT2D eigenvalue weighted by molar-refractivity contribution is 5.99. The van der Waals surface area contributed by atoms with Crippen LogP contribution in [0, 0.1) is 6.92 Å². The molecule has 4 heterocycles. The van der Waals surface area contributed by atoms with E-state index in [4.69, 9.17) is 9.47 Å². The maximum absolute atomic E-state index is 13.8. The average Bonchev–Trinajstić information content (AvgIpc) is 3.67. The molecule has 0 N–H and O–H groups in total. The Kier molecular flexibility index (Phi) is 5.95. The average molecular weight is 568 g/mol. The number of para-hydroxylation sites is 2. The number of cyclic esters (lactones) is 1. The molecule has 2 aliphatic rings. The van der Waals surface area contributed by atoms with Gasteiger partial charge in [-0.1, -0.05) is 72.8 Å². The molecule has 6 heteroatoms. The van der Waals surface area contributed by atoms with Crippen LogP contribution in [0.2, 0.25) is 0 Å². The topological polar surface area (TPSA) is 48.1 Å². The summed E-state index contributed by atoms with van der Waals surface area (Å²) in [6, 6.07) is 35.5. The second kappa shape index (κ2) is 9.89. The van der Waals surface area contributed by atoms with Crippen LogP contribution in [0.25, 0.3) is 27.8 Å². The predicted octanol–water partition coefficient (Wildman–Crippen LogP) is 7.19. The SMILES string of the molecule is CCn1c2ccccc2n2c(C)c(-c3ccccc3)c(C3(c4ccc(N5CCOCC5)cc4)OC(=O)c4ccccc43)c12. The molecule has 8 rings (SSSR count). The van der Waals surface area contributed by atoms with Crippen LogP contribution in [0.15, 0.2) is 103 Å². The zero-order valence-electron chi connectivity index (χ0n) is 24.4. The fraction of sp³-hybridized carbons (Fsp3) is 0.216. The second-order valence-corrected chi connectivity index (χ2v) is 11.4. The number of anilines is 1. The highest BCUT2D eigenvalue weighted by atomic mass is 16.6. The van der Waals surface area contributed by atoms with Crippen molar-refractivity contribution >= 4 is 28.3 Å². The first-order valence-corrected chi connectivity index (χ1v) is 15.1. The van der Waals surface area contributed by atoms with E-state index in [1.807, 2.05) is 24.3 Å². The lowest BCUT2D eigenvalue weighted by Gasteiger charge is -2.33. The number of aryl methyl sites for hydroxylation is 2. The number of rotatable bonds is 5. The molecule has 6 aromatic rings. The van der Waals surface area contributed by atoms with Gasteiger partial charge in [-0.05, 0) is 49.7 Å². The molecular formula is C37H33N3O3. The Balaban J connectivity index is 1.51. The smallest absolute Gasteiger partial charge is 0.340 e. The van der Waals surface area contributed by atoms with Crippen molar-refractivity contribution in [2.45, 2.75) is 26.0 Å². The van der Waals surface area contributed by atoms with Gasteiger partial charge in [0.1, 0.15) is 5.65 Å². The van der Waals surface area contributed by atoms with E-state index in [-0.39, 0.29) is 5.97 Å². The van der Waals surface area contributed by atoms with Gasteiger partial charge in [0.25, 0.3) is 0 Å². The minimum Gasteiger partial charge on any atom is -0.440 e. The maximum atomic E-state index is 13.8. The first-order valence-electron chi connectivity index (χ1n) is 15.1. The zero-order chi connectivity index (χ0) is 29.1. The molecule has 1 atom stereocenters. The standard InChI is InChI=1S/C37H33N3O3/c1-3-39-31-15-9-10-16-32(31)40-25(2)33(26-11-5-4-6-12-26)34(35(39)40)37(30-14-8-7-13-29(30)36(41)43-37)27-17-19-28(20-18-27)38-21-23-42-24-22-38/h4-20H,3,21-24H2,1-2H3. The summed E-state index contributed by atoms with van der Waals surface area (Å²) >= 11 is 0. The molecule has 0 spiro atoms. The van der Waals surface area contributed by atoms with Crippen LogP contribution in [0.1, 0.15) is 39.7 Å². The monoisotopic (exact) mass is 567 g/mol. The Morgan fingerprint density at radius 2 is 1.47 bits per heavy atom. The minimum absolute atomic E-state index is 0.303. The lowest BCUT2D eigenvalue weighted by atomic mass is 9.77. The number of carbonyl (C=O) groups excluding carboxylic acids is 1. The summed E-state index contributed by atoms with van der Waals surface area (Å²) in [5, 5.41) is 0. The van der Waals surface area contributed by atoms with E-state index in [0.29, 0.717) is 5.56 Å². The molecule has 43 heavy (non-hydrogen) atoms. The largest absolute Gasteiger partial charge is 0.440 e. The maximum Gasteiger partial charge on any atom is 0.340 e. The summed E-state index contributed by atoms with van der Waals surface area (Å²) in [5.74, 6) is -0.303. The van der Waals surface area contributed by atoms with Gasteiger partial charge in [-0.2, -0.15) is 0 Å². The highest BCUT2D eigenvalue weighted by Crippen LogP contribution is 2.53. The third kappa shape index (κ3) is 3.66. The van der Waals surface area contributed by atoms with Gasteiger partial charge in [0.05, 0.1) is 35.4 Å². The van der Waals surface area contributed by atoms with Gasteiger partial charge < -0.3 is 18.9 Å². The molecule has 0 radical (unpaired) electrons. The Morgan fingerprint density at radius 1 is 0.791 bits per heavy atom. The van der Waals surface area contributed by atoms with Gasteiger partial charge in [0.2, 0.25) is 0 Å². The van der Waals surface area contributed by atoms with Crippen molar-refractivity contribution in [1.29, 1.82) is 0 Å². The summed E-state index contributed by atoms with van der Waals surface area (Å²) in [7, 11) is 0. The van der Waals surface area contributed by atoms with Crippen LogP contribution >= 0.6 is 0 Å². The number of benzene rings is 4. The molecule has 1 unspecified atom stereocenters. The van der Waals surface area contributed by atoms with Crippen molar-refractivity contribution < 1.29 is 14.3 Å². The molecular weight excluding hydrogens is 534 g/mol. The number of morpholine rings is 1. The van der Waals surface area contributed by atoms with E-state index in [9.17, 15) is 4.79 Å². The number of fused-ring (bicyclic) bond motifs is 4. The van der Waals surface area contributed by atoms with Gasteiger partial charge in [-0.25, -0.2) is 4.79 Å². The minimum atomic E-state index is -1.15. The van der Waals surface area contributed by atoms with Gasteiger partial charge >= 0.3 is 5.97 Å². The Hall–Kier alpha value is -4.81. The molecule has 6 nitrogen and oxygen atoms in total. The van der Waals surface area contributed by atoms with Crippen LogP contribution < -0.4 is 4.90 Å². The predicted molar refractivity (Wildman–Crippen MR) is 170 cm³/mol. The third-order valence-corrected chi connectivity index (χ3v) is 9.20. The molecule has 1 saturated heterocycles. The number of esters is 1. The van der Waals surface area contributed by atoms with Crippen LogP contribution in [-0.4, -0.2) is 41.2 Å². The first-order chi connectivity index (χ1) is 21.1. The van der Waals surface area contributed by atoms with Crippen molar-refractivity contribution in [1.82, 2.24) is 8.97 Å². The summed E-state index contributed by atoms with van der Waals surface area (Å²) in [6.45, 7) is 8.29. The Morgan fingerprint density at radius 3 is 2.21 bits per heavy atom. The van der Waals surface area contributed by atoms with E-state index in [1.165, 1.54) is 0 Å². The number of hydrogen-bond acceptors (Lipinski definition) is 4. The lowest BCUT2D eigenvalue weighted by Crippen LogP contribution is -2.36. The molecule has 2 aliphatic heterocycles. The van der Waals surface area contributed by atoms with E-state index >= 15 is 0 Å². The van der Waals surface area contributed by atoms with Gasteiger partial charge in [-0.15, -0.1) is 0 Å². The number of imidazole rings is 1. The highest BCUT2D eigenvalue weighted by Gasteiger charge is 2.52. The summed E-state index contributed by atoms with van der Waals surface area (Å²) in [4.78, 5) is 16.1. The van der Waals surface area contributed by atoms with Crippen molar-refractivity contribution in [3.63, 3.8) is 0 Å². The number of ether oxygens (including phenoxy) is 2. The fourth-order valence-corrected chi connectivity index (χ4v) is 7.32. The number of hydrogen-bond donors (Lipinski definition) is 0. The van der Waals surface area contributed by atoms with E-state index in [0.717, 1.165) is 88.7 Å². The van der Waals surface area contributed by atoms with Crippen LogP contribution in [0.4, 0.5) is 5.69 Å². The van der Waals surface area contributed by atoms with Crippen LogP contribution in [0.5, 0.6) is 0 Å². The third-order valence-electron chi connectivity index (χ3n) is 9.20. The second-order valence-electron chi connectivity index (χ2n) is 11.4. The number of carbonyl (C=O) groups is 1. The molecule has 0 saturated carbocycles. The Labute approximate surface area is 250 Å². The summed E-state index contributed by atoms with van der Waals surface area (Å²) in [6.07, 6.45) is 0. The van der Waals surface area contributed by atoms with Crippen molar-refractivity contribution in [3.8, 4) is 11.1 Å². The van der Waals surface area contributed by atoms with Crippen molar-refractivity contribution in [3.05, 3.63) is 131 Å². The van der Waals surface area contributed by atoms with Gasteiger partial charge in [0.15, 0.2) is 5.60 Å². The molecule has 4 aromatic carbocycles. The van der Waals surface area contributed by atoms with Crippen LogP contribution in [-0.2, 0) is 21.6 Å². The number of nitrogens with zero attached hydrogens (tertiary/aromatic N) is 3. The number of aromatic nitrogens is 2. The Bertz CT molecular complexity index is 2000. The molecule has 0 bridgehead atoms. The van der Waals surface area contributed by atoms with Crippen LogP contribution in [0.3, 0.4) is 0 Å². The molecule has 0 amide bonds. The van der Waals surface area contributed by atoms with E-state index < -0.39 is 5.60 Å². The first kappa shape index (κ1) is 25.9. The molecule has 1 fully saturated rings. The van der Waals surface area contributed by atoms with E-state index in [1.54, 1.807) is 0 Å². The summed E-state index contributed by atoms with van der Waals surface area (Å²) in [5.41, 5.74) is 10.0. The molecule has 2 aromatic heterocycles. The van der Waals surface area contributed by atoms with Gasteiger partial charge in [-0.3, -0.25) is 4.40 Å². The van der Waals surface area contributed by atoms with Crippen molar-refractivity contribution in [2.75, 3.05) is 31.2 Å². The van der Waals surface area contributed by atoms with Gasteiger partial charge in [0, 0.05) is 47.7 Å².